The van der Waals surface area contributed by atoms with E-state index in [2.05, 4.69) is 48.3 Å². The van der Waals surface area contributed by atoms with Gasteiger partial charge in [0.2, 0.25) is 5.91 Å². The summed E-state index contributed by atoms with van der Waals surface area (Å²) >= 11 is 1.56. The van der Waals surface area contributed by atoms with Crippen LogP contribution in [0.1, 0.15) is 25.0 Å². The second-order valence-electron chi connectivity index (χ2n) is 5.66. The number of nitrogens with zero attached hydrogens (tertiary/aromatic N) is 1. The molecule has 0 atom stereocenters. The van der Waals surface area contributed by atoms with Gasteiger partial charge in [0.15, 0.2) is 0 Å². The molecule has 0 saturated carbocycles. The molecular weight excluding hydrogens is 316 g/mol. The third-order valence-electron chi connectivity index (χ3n) is 3.93. The molecule has 4 heteroatoms. The zero-order valence-electron chi connectivity index (χ0n) is 14.5. The molecule has 0 bridgehead atoms. The van der Waals surface area contributed by atoms with Crippen molar-refractivity contribution < 1.29 is 4.79 Å². The quantitative estimate of drug-likeness (QED) is 0.701. The lowest BCUT2D eigenvalue weighted by molar-refractivity contribution is -0.118. The number of nitrogens with one attached hydrogen (secondary N) is 1. The van der Waals surface area contributed by atoms with Gasteiger partial charge in [0, 0.05) is 18.0 Å². The van der Waals surface area contributed by atoms with Crippen molar-refractivity contribution in [3.8, 4) is 0 Å². The van der Waals surface area contributed by atoms with E-state index >= 15 is 0 Å². The van der Waals surface area contributed by atoms with E-state index in [0.717, 1.165) is 30.1 Å². The second kappa shape index (κ2) is 10.2. The average Bonchev–Trinajstić information content (AvgIpc) is 2.64. The van der Waals surface area contributed by atoms with E-state index in [-0.39, 0.29) is 5.91 Å². The molecule has 0 aromatic heterocycles. The highest BCUT2D eigenvalue weighted by Crippen LogP contribution is 2.16. The van der Waals surface area contributed by atoms with E-state index in [1.807, 2.05) is 30.3 Å². The lowest BCUT2D eigenvalue weighted by Crippen LogP contribution is -2.24. The van der Waals surface area contributed by atoms with Crippen LogP contribution >= 0.6 is 11.8 Å². The van der Waals surface area contributed by atoms with Gasteiger partial charge < -0.3 is 5.32 Å². The normalized spacial score (nSPS) is 10.8. The monoisotopic (exact) mass is 342 g/mol. The first kappa shape index (κ1) is 18.6. The fourth-order valence-electron chi connectivity index (χ4n) is 2.39. The molecule has 0 spiro atoms. The summed E-state index contributed by atoms with van der Waals surface area (Å²) in [4.78, 5) is 15.4. The average molecular weight is 343 g/mol. The Morgan fingerprint density at radius 2 is 1.58 bits per heavy atom. The summed E-state index contributed by atoms with van der Waals surface area (Å²) in [5.41, 5.74) is 2.45. The summed E-state index contributed by atoms with van der Waals surface area (Å²) in [6, 6.07) is 18.5. The molecule has 0 aliphatic carbocycles. The fraction of sp³-hybridized carbons (Fsp3) is 0.350. The maximum atomic E-state index is 11.9. The lowest BCUT2D eigenvalue weighted by Gasteiger charge is -2.18. The molecule has 0 saturated heterocycles. The third kappa shape index (κ3) is 6.38. The van der Waals surface area contributed by atoms with E-state index in [0.29, 0.717) is 12.3 Å². The van der Waals surface area contributed by atoms with Gasteiger partial charge in [-0.25, -0.2) is 0 Å². The maximum Gasteiger partial charge on any atom is 0.230 e. The Morgan fingerprint density at radius 3 is 2.21 bits per heavy atom. The van der Waals surface area contributed by atoms with Crippen LogP contribution in [0, 0.1) is 0 Å². The van der Waals surface area contributed by atoms with Gasteiger partial charge in [0.1, 0.15) is 0 Å². The minimum Gasteiger partial charge on any atom is -0.351 e. The summed E-state index contributed by atoms with van der Waals surface area (Å²) in [7, 11) is 0. The van der Waals surface area contributed by atoms with Crippen LogP contribution in [-0.2, 0) is 17.9 Å². The third-order valence-corrected chi connectivity index (χ3v) is 4.94. The highest BCUT2D eigenvalue weighted by Gasteiger charge is 2.04. The van der Waals surface area contributed by atoms with Crippen LogP contribution < -0.4 is 5.32 Å². The molecule has 3 nitrogen and oxygen atoms in total. The van der Waals surface area contributed by atoms with Crippen LogP contribution in [0.5, 0.6) is 0 Å². The molecule has 2 aromatic rings. The van der Waals surface area contributed by atoms with E-state index in [4.69, 9.17) is 0 Å². The van der Waals surface area contributed by atoms with Crippen molar-refractivity contribution in [1.82, 2.24) is 10.2 Å². The van der Waals surface area contributed by atoms with Crippen molar-refractivity contribution in [3.63, 3.8) is 0 Å². The van der Waals surface area contributed by atoms with E-state index in [9.17, 15) is 4.79 Å². The Balaban J connectivity index is 1.74. The number of hydrogen-bond donors (Lipinski definition) is 1. The highest BCUT2D eigenvalue weighted by molar-refractivity contribution is 8.00. The fourth-order valence-corrected chi connectivity index (χ4v) is 3.13. The van der Waals surface area contributed by atoms with Gasteiger partial charge in [-0.15, -0.1) is 11.8 Å². The highest BCUT2D eigenvalue weighted by atomic mass is 32.2. The Kier molecular flexibility index (Phi) is 7.86. The molecule has 0 aliphatic rings. The van der Waals surface area contributed by atoms with E-state index < -0.39 is 0 Å². The summed E-state index contributed by atoms with van der Waals surface area (Å²) in [6.07, 6.45) is 0. The van der Waals surface area contributed by atoms with E-state index in [1.54, 1.807) is 11.8 Å². The molecule has 0 fully saturated rings. The number of rotatable bonds is 9. The molecule has 1 N–H and O–H groups in total. The number of benzene rings is 2. The smallest absolute Gasteiger partial charge is 0.230 e. The number of hydrogen-bond acceptors (Lipinski definition) is 3. The van der Waals surface area contributed by atoms with Crippen molar-refractivity contribution in [2.24, 2.45) is 0 Å². The molecule has 24 heavy (non-hydrogen) atoms. The number of carbonyl (C=O) groups is 1. The summed E-state index contributed by atoms with van der Waals surface area (Å²) < 4.78 is 0. The first-order valence-electron chi connectivity index (χ1n) is 8.46. The summed E-state index contributed by atoms with van der Waals surface area (Å²) in [5, 5.41) is 2.98. The zero-order chi connectivity index (χ0) is 17.2. The summed E-state index contributed by atoms with van der Waals surface area (Å²) in [6.45, 7) is 8.05. The van der Waals surface area contributed by atoms with Crippen molar-refractivity contribution in [3.05, 3.63) is 65.7 Å². The molecular formula is C20H26N2OS. The summed E-state index contributed by atoms with van der Waals surface area (Å²) in [5.74, 6) is 0.514. The molecule has 0 aliphatic heterocycles. The van der Waals surface area contributed by atoms with Gasteiger partial charge in [-0.2, -0.15) is 0 Å². The van der Waals surface area contributed by atoms with Gasteiger partial charge in [0.25, 0.3) is 0 Å². The van der Waals surface area contributed by atoms with Crippen LogP contribution in [0.15, 0.2) is 59.5 Å². The predicted molar refractivity (Wildman–Crippen MR) is 102 cm³/mol. The van der Waals surface area contributed by atoms with Gasteiger partial charge in [-0.1, -0.05) is 56.3 Å². The Morgan fingerprint density at radius 1 is 0.958 bits per heavy atom. The van der Waals surface area contributed by atoms with Crippen molar-refractivity contribution >= 4 is 17.7 Å². The first-order valence-corrected chi connectivity index (χ1v) is 9.44. The topological polar surface area (TPSA) is 32.3 Å². The zero-order valence-corrected chi connectivity index (χ0v) is 15.3. The van der Waals surface area contributed by atoms with Crippen molar-refractivity contribution in [1.29, 1.82) is 0 Å². The van der Waals surface area contributed by atoms with Crippen LogP contribution in [0.2, 0.25) is 0 Å². The Labute approximate surface area is 149 Å². The van der Waals surface area contributed by atoms with Crippen molar-refractivity contribution in [2.45, 2.75) is 31.8 Å². The van der Waals surface area contributed by atoms with Crippen LogP contribution in [0.3, 0.4) is 0 Å². The van der Waals surface area contributed by atoms with Crippen LogP contribution in [0.25, 0.3) is 0 Å². The number of thioether (sulfide) groups is 1. The number of amides is 1. The Bertz CT molecular complexity index is 609. The standard InChI is InChI=1S/C20H26N2OS/c1-3-22(4-2)15-18-12-10-17(11-13-18)14-21-20(23)16-24-19-8-6-5-7-9-19/h5-13H,3-4,14-16H2,1-2H3,(H,21,23). The molecule has 0 heterocycles. The molecule has 2 aromatic carbocycles. The van der Waals surface area contributed by atoms with Crippen LogP contribution in [-0.4, -0.2) is 29.6 Å². The number of carbonyl (C=O) groups excluding carboxylic acids is 1. The molecule has 1 amide bonds. The molecule has 2 rings (SSSR count). The minimum atomic E-state index is 0.0658. The molecule has 0 unspecified atom stereocenters. The Hall–Kier alpha value is -1.78. The maximum absolute atomic E-state index is 11.9. The van der Waals surface area contributed by atoms with Gasteiger partial charge in [0.05, 0.1) is 5.75 Å². The van der Waals surface area contributed by atoms with Crippen molar-refractivity contribution in [2.75, 3.05) is 18.8 Å². The van der Waals surface area contributed by atoms with E-state index in [1.165, 1.54) is 5.56 Å². The van der Waals surface area contributed by atoms with Gasteiger partial charge >= 0.3 is 0 Å². The molecule has 128 valence electrons. The minimum absolute atomic E-state index is 0.0658. The van der Waals surface area contributed by atoms with Gasteiger partial charge in [-0.05, 0) is 36.3 Å². The van der Waals surface area contributed by atoms with Gasteiger partial charge in [-0.3, -0.25) is 9.69 Å². The van der Waals surface area contributed by atoms with Crippen LogP contribution in [0.4, 0.5) is 0 Å². The predicted octanol–water partition coefficient (Wildman–Crippen LogP) is 3.94. The largest absolute Gasteiger partial charge is 0.351 e. The second-order valence-corrected chi connectivity index (χ2v) is 6.71. The SMILES string of the molecule is CCN(CC)Cc1ccc(CNC(=O)CSc2ccccc2)cc1. The molecule has 0 radical (unpaired) electrons. The lowest BCUT2D eigenvalue weighted by atomic mass is 10.1. The first-order chi connectivity index (χ1) is 11.7.